The summed E-state index contributed by atoms with van der Waals surface area (Å²) in [5, 5.41) is 18.4. The summed E-state index contributed by atoms with van der Waals surface area (Å²) in [5.41, 5.74) is 4.20. The van der Waals surface area contributed by atoms with E-state index in [1.807, 2.05) is 34.8 Å². The lowest BCUT2D eigenvalue weighted by atomic mass is 9.85. The van der Waals surface area contributed by atoms with Crippen molar-refractivity contribution in [2.45, 2.75) is 76.0 Å². The Bertz CT molecular complexity index is 1340. The Kier molecular flexibility index (Phi) is 8.25. The molecule has 6 rings (SSSR count). The second kappa shape index (κ2) is 12.2. The van der Waals surface area contributed by atoms with Crippen LogP contribution in [0.4, 0.5) is 16.6 Å². The number of ether oxygens (including phenoxy) is 2. The van der Waals surface area contributed by atoms with Gasteiger partial charge in [-0.25, -0.2) is 19.3 Å². The first-order valence-electron chi connectivity index (χ1n) is 15.0. The molecular formula is C30H41N7O4. The first-order chi connectivity index (χ1) is 20.0. The lowest BCUT2D eigenvalue weighted by molar-refractivity contribution is 0.0259. The van der Waals surface area contributed by atoms with Crippen molar-refractivity contribution < 1.29 is 19.4 Å². The van der Waals surface area contributed by atoms with E-state index in [-0.39, 0.29) is 24.3 Å². The minimum Gasteiger partial charge on any atom is -0.446 e. The lowest BCUT2D eigenvalue weighted by Gasteiger charge is -2.36. The molecule has 1 saturated heterocycles. The van der Waals surface area contributed by atoms with Gasteiger partial charge in [-0.05, 0) is 75.6 Å². The van der Waals surface area contributed by atoms with Crippen LogP contribution in [-0.2, 0) is 9.47 Å². The van der Waals surface area contributed by atoms with Crippen molar-refractivity contribution in [1.82, 2.24) is 24.5 Å². The highest BCUT2D eigenvalue weighted by atomic mass is 16.6. The molecule has 2 aliphatic carbocycles. The normalized spacial score (nSPS) is 22.4. The monoisotopic (exact) mass is 563 g/mol. The maximum absolute atomic E-state index is 12.5. The fourth-order valence-corrected chi connectivity index (χ4v) is 6.07. The first kappa shape index (κ1) is 27.7. The number of amides is 1. The smallest absolute Gasteiger partial charge is 0.410 e. The summed E-state index contributed by atoms with van der Waals surface area (Å²) in [6.45, 7) is 5.25. The van der Waals surface area contributed by atoms with Crippen molar-refractivity contribution in [3.8, 4) is 11.1 Å². The largest absolute Gasteiger partial charge is 0.446 e. The molecule has 0 spiro atoms. The van der Waals surface area contributed by atoms with Crippen LogP contribution in [-0.4, -0.2) is 93.8 Å². The highest BCUT2D eigenvalue weighted by Gasteiger charge is 2.29. The summed E-state index contributed by atoms with van der Waals surface area (Å²) in [6, 6.07) is 6.47. The van der Waals surface area contributed by atoms with Crippen molar-refractivity contribution in [3.05, 3.63) is 36.3 Å². The zero-order chi connectivity index (χ0) is 28.3. The predicted molar refractivity (Wildman–Crippen MR) is 156 cm³/mol. The molecule has 41 heavy (non-hydrogen) atoms. The molecule has 0 aromatic carbocycles. The van der Waals surface area contributed by atoms with Gasteiger partial charge >= 0.3 is 6.09 Å². The van der Waals surface area contributed by atoms with Gasteiger partial charge in [-0.15, -0.1) is 5.10 Å². The van der Waals surface area contributed by atoms with Crippen LogP contribution in [0.2, 0.25) is 0 Å². The van der Waals surface area contributed by atoms with E-state index in [1.54, 1.807) is 7.11 Å². The Hall–Kier alpha value is -3.44. The van der Waals surface area contributed by atoms with Crippen molar-refractivity contribution in [2.24, 2.45) is 0 Å². The summed E-state index contributed by atoms with van der Waals surface area (Å²) in [6.07, 6.45) is 9.99. The van der Waals surface area contributed by atoms with E-state index in [0.29, 0.717) is 44.7 Å². The molecule has 220 valence electrons. The molecule has 11 nitrogen and oxygen atoms in total. The number of rotatable bonds is 8. The van der Waals surface area contributed by atoms with Crippen LogP contribution in [0, 0.1) is 0 Å². The number of pyridine rings is 1. The highest BCUT2D eigenvalue weighted by molar-refractivity contribution is 5.82. The standard InChI is InChI=1S/C30H41N7O4/c1-20(19-40-2)33-29-32-18-27-25(17-26(37(27)34-29)21-6-8-23(38)9-7-21)22-10-11-31-28(16-22)35-12-14-36(15-13-35)30(39)41-24-4-3-5-24/h10-11,16-18,20-21,23-24,38H,3-9,12-15,19H2,1-2H3,(H,33,34)/t20-,21?,23?/m0/s1. The predicted octanol–water partition coefficient (Wildman–Crippen LogP) is 4.07. The molecule has 3 aliphatic rings. The van der Waals surface area contributed by atoms with Crippen LogP contribution < -0.4 is 10.2 Å². The zero-order valence-corrected chi connectivity index (χ0v) is 24.0. The summed E-state index contributed by atoms with van der Waals surface area (Å²) in [4.78, 5) is 25.9. The molecular weight excluding hydrogens is 522 g/mol. The van der Waals surface area contributed by atoms with Crippen LogP contribution in [0.1, 0.15) is 63.5 Å². The number of aromatic nitrogens is 4. The molecule has 1 aliphatic heterocycles. The van der Waals surface area contributed by atoms with Gasteiger partial charge in [-0.1, -0.05) is 0 Å². The third-order valence-electron chi connectivity index (χ3n) is 8.69. The number of aliphatic hydroxyl groups is 1. The van der Waals surface area contributed by atoms with Crippen LogP contribution in [0.15, 0.2) is 30.6 Å². The van der Waals surface area contributed by atoms with Crippen LogP contribution in [0.3, 0.4) is 0 Å². The van der Waals surface area contributed by atoms with Crippen molar-refractivity contribution in [2.75, 3.05) is 50.1 Å². The topological polar surface area (TPSA) is 117 Å². The van der Waals surface area contributed by atoms with E-state index in [4.69, 9.17) is 14.6 Å². The minimum atomic E-state index is -0.220. The third kappa shape index (κ3) is 6.11. The van der Waals surface area contributed by atoms with E-state index in [0.717, 1.165) is 73.1 Å². The molecule has 3 aromatic rings. The van der Waals surface area contributed by atoms with Gasteiger partial charge in [-0.2, -0.15) is 0 Å². The minimum absolute atomic E-state index is 0.0732. The van der Waals surface area contributed by atoms with Crippen LogP contribution in [0.25, 0.3) is 16.6 Å². The number of nitrogens with one attached hydrogen (secondary N) is 1. The maximum atomic E-state index is 12.5. The van der Waals surface area contributed by atoms with E-state index in [1.165, 1.54) is 0 Å². The molecule has 2 N–H and O–H groups in total. The summed E-state index contributed by atoms with van der Waals surface area (Å²) >= 11 is 0. The van der Waals surface area contributed by atoms with Crippen molar-refractivity contribution >= 4 is 23.4 Å². The molecule has 0 radical (unpaired) electrons. The van der Waals surface area contributed by atoms with Gasteiger partial charge in [0.25, 0.3) is 0 Å². The Morgan fingerprint density at radius 2 is 1.88 bits per heavy atom. The molecule has 11 heteroatoms. The Morgan fingerprint density at radius 1 is 1.10 bits per heavy atom. The van der Waals surface area contributed by atoms with Gasteiger partial charge in [0.1, 0.15) is 11.9 Å². The van der Waals surface area contributed by atoms with Gasteiger partial charge in [0.05, 0.1) is 24.4 Å². The van der Waals surface area contributed by atoms with E-state index < -0.39 is 0 Å². The highest BCUT2D eigenvalue weighted by Crippen LogP contribution is 2.38. The molecule has 4 heterocycles. The summed E-state index contributed by atoms with van der Waals surface area (Å²) < 4.78 is 12.9. The second-order valence-electron chi connectivity index (χ2n) is 11.7. The molecule has 1 atom stereocenters. The number of nitrogens with zero attached hydrogens (tertiary/aromatic N) is 6. The van der Waals surface area contributed by atoms with Gasteiger partial charge < -0.3 is 29.7 Å². The van der Waals surface area contributed by atoms with E-state index in [9.17, 15) is 9.90 Å². The number of carbonyl (C=O) groups excluding carboxylic acids is 1. The van der Waals surface area contributed by atoms with Gasteiger partial charge in [0.15, 0.2) is 0 Å². The molecule has 3 aromatic heterocycles. The molecule has 2 saturated carbocycles. The molecule has 3 fully saturated rings. The fourth-order valence-electron chi connectivity index (χ4n) is 6.07. The summed E-state index contributed by atoms with van der Waals surface area (Å²) in [5.74, 6) is 1.77. The number of aliphatic hydroxyl groups excluding tert-OH is 1. The third-order valence-corrected chi connectivity index (χ3v) is 8.69. The second-order valence-corrected chi connectivity index (χ2v) is 11.7. The number of fused-ring (bicyclic) bond motifs is 1. The fraction of sp³-hybridized carbons (Fsp3) is 0.600. The van der Waals surface area contributed by atoms with E-state index in [2.05, 4.69) is 32.3 Å². The quantitative estimate of drug-likeness (QED) is 0.418. The Morgan fingerprint density at radius 3 is 2.59 bits per heavy atom. The number of piperazine rings is 1. The number of anilines is 2. The van der Waals surface area contributed by atoms with Crippen molar-refractivity contribution in [1.29, 1.82) is 0 Å². The number of hydrogen-bond acceptors (Lipinski definition) is 9. The lowest BCUT2D eigenvalue weighted by Crippen LogP contribution is -2.50. The summed E-state index contributed by atoms with van der Waals surface area (Å²) in [7, 11) is 1.68. The van der Waals surface area contributed by atoms with Crippen molar-refractivity contribution in [3.63, 3.8) is 0 Å². The number of carbonyl (C=O) groups is 1. The average molecular weight is 564 g/mol. The van der Waals surface area contributed by atoms with Gasteiger partial charge in [-0.3, -0.25) is 0 Å². The van der Waals surface area contributed by atoms with E-state index >= 15 is 0 Å². The SMILES string of the molecule is COC[C@H](C)Nc1ncc2c(-c3ccnc(N4CCN(C(=O)OC5CCC5)CC4)c3)cc(C3CCC(O)CC3)n2n1. The molecule has 0 bridgehead atoms. The zero-order valence-electron chi connectivity index (χ0n) is 24.0. The number of methoxy groups -OCH3 is 1. The maximum Gasteiger partial charge on any atom is 0.410 e. The Labute approximate surface area is 240 Å². The average Bonchev–Trinajstić information content (AvgIpc) is 3.34. The molecule has 0 unspecified atom stereocenters. The molecule has 1 amide bonds. The van der Waals surface area contributed by atoms with Crippen LogP contribution in [0.5, 0.6) is 0 Å². The Balaban J connectivity index is 1.24. The first-order valence-corrected chi connectivity index (χ1v) is 15.0. The number of hydrogen-bond donors (Lipinski definition) is 2. The van der Waals surface area contributed by atoms with Gasteiger partial charge in [0, 0.05) is 62.7 Å². The van der Waals surface area contributed by atoms with Gasteiger partial charge in [0.2, 0.25) is 5.95 Å². The van der Waals surface area contributed by atoms with Crippen LogP contribution >= 0.6 is 0 Å².